The first-order chi connectivity index (χ1) is 15.0. The standard InChI is InChI=1S/C25H29N3O3/c1-16-5-8-19(9-6-16)21-14-28(15-21)25(29)20-10-7-17(2)22(13-20)23-18(3)24(27-26-23)31-12-11-30-4/h5-10,13,21H,11-12,14-15H2,1-4H3,(H,26,27). The van der Waals surface area contributed by atoms with E-state index in [4.69, 9.17) is 9.47 Å². The molecule has 1 N–H and O–H groups in total. The van der Waals surface area contributed by atoms with Crippen LogP contribution in [0, 0.1) is 20.8 Å². The molecule has 31 heavy (non-hydrogen) atoms. The Bertz CT molecular complexity index is 1070. The van der Waals surface area contributed by atoms with E-state index < -0.39 is 0 Å². The van der Waals surface area contributed by atoms with Crippen LogP contribution in [0.1, 0.15) is 38.5 Å². The Morgan fingerprint density at radius 3 is 2.55 bits per heavy atom. The van der Waals surface area contributed by atoms with Crippen LogP contribution in [0.3, 0.4) is 0 Å². The van der Waals surface area contributed by atoms with Crippen molar-refractivity contribution in [1.82, 2.24) is 15.1 Å². The number of hydrogen-bond acceptors (Lipinski definition) is 4. The lowest BCUT2D eigenvalue weighted by molar-refractivity contribution is 0.0602. The molecule has 0 spiro atoms. The first-order valence-corrected chi connectivity index (χ1v) is 10.6. The number of methoxy groups -OCH3 is 1. The molecule has 6 heteroatoms. The summed E-state index contributed by atoms with van der Waals surface area (Å²) in [6, 6.07) is 14.4. The van der Waals surface area contributed by atoms with Gasteiger partial charge in [0.1, 0.15) is 6.61 Å². The summed E-state index contributed by atoms with van der Waals surface area (Å²) in [7, 11) is 1.64. The maximum absolute atomic E-state index is 13.1. The molecule has 6 nitrogen and oxygen atoms in total. The molecule has 0 aliphatic carbocycles. The number of aromatic nitrogens is 2. The first-order valence-electron chi connectivity index (χ1n) is 10.6. The monoisotopic (exact) mass is 419 g/mol. The molecule has 1 aliphatic rings. The summed E-state index contributed by atoms with van der Waals surface area (Å²) in [5.74, 6) is 1.04. The molecule has 1 aliphatic heterocycles. The lowest BCUT2D eigenvalue weighted by atomic mass is 9.90. The van der Waals surface area contributed by atoms with Crippen LogP contribution < -0.4 is 4.74 Å². The molecular formula is C25H29N3O3. The molecule has 1 saturated heterocycles. The lowest BCUT2D eigenvalue weighted by Crippen LogP contribution is -2.48. The van der Waals surface area contributed by atoms with E-state index in [9.17, 15) is 4.79 Å². The average Bonchev–Trinajstić information content (AvgIpc) is 3.09. The highest BCUT2D eigenvalue weighted by molar-refractivity contribution is 5.96. The van der Waals surface area contributed by atoms with Crippen LogP contribution in [0.2, 0.25) is 0 Å². The van der Waals surface area contributed by atoms with E-state index >= 15 is 0 Å². The highest BCUT2D eigenvalue weighted by Gasteiger charge is 2.32. The predicted octanol–water partition coefficient (Wildman–Crippen LogP) is 4.27. The van der Waals surface area contributed by atoms with E-state index in [0.717, 1.165) is 35.5 Å². The highest BCUT2D eigenvalue weighted by atomic mass is 16.5. The van der Waals surface area contributed by atoms with E-state index in [2.05, 4.69) is 41.4 Å². The SMILES string of the molecule is COCCOc1n[nH]c(-c2cc(C(=O)N3CC(c4ccc(C)cc4)C3)ccc2C)c1C. The summed E-state index contributed by atoms with van der Waals surface area (Å²) in [6.45, 7) is 8.55. The van der Waals surface area contributed by atoms with Crippen molar-refractivity contribution in [3.05, 3.63) is 70.3 Å². The number of carbonyl (C=O) groups excluding carboxylic acids is 1. The van der Waals surface area contributed by atoms with Gasteiger partial charge < -0.3 is 14.4 Å². The van der Waals surface area contributed by atoms with Crippen LogP contribution in [0.4, 0.5) is 0 Å². The number of likely N-dealkylation sites (tertiary alicyclic amines) is 1. The zero-order chi connectivity index (χ0) is 22.0. The minimum Gasteiger partial charge on any atom is -0.474 e. The topological polar surface area (TPSA) is 67.5 Å². The molecular weight excluding hydrogens is 390 g/mol. The number of hydrogen-bond donors (Lipinski definition) is 1. The Hall–Kier alpha value is -3.12. The molecule has 162 valence electrons. The third-order valence-electron chi connectivity index (χ3n) is 5.96. The van der Waals surface area contributed by atoms with Gasteiger partial charge in [-0.05, 0) is 44.0 Å². The van der Waals surface area contributed by atoms with Crippen molar-refractivity contribution >= 4 is 5.91 Å². The van der Waals surface area contributed by atoms with Gasteiger partial charge >= 0.3 is 0 Å². The van der Waals surface area contributed by atoms with Gasteiger partial charge in [0.15, 0.2) is 0 Å². The van der Waals surface area contributed by atoms with Gasteiger partial charge in [0.25, 0.3) is 5.91 Å². The Labute approximate surface area is 183 Å². The number of amides is 1. The largest absolute Gasteiger partial charge is 0.474 e. The van der Waals surface area contributed by atoms with Crippen molar-refractivity contribution in [2.45, 2.75) is 26.7 Å². The number of aromatic amines is 1. The molecule has 0 saturated carbocycles. The number of H-pyrrole nitrogens is 1. The normalized spacial score (nSPS) is 13.9. The maximum Gasteiger partial charge on any atom is 0.253 e. The van der Waals surface area contributed by atoms with Gasteiger partial charge in [-0.3, -0.25) is 9.89 Å². The van der Waals surface area contributed by atoms with Crippen LogP contribution in [0.5, 0.6) is 5.88 Å². The number of benzene rings is 2. The summed E-state index contributed by atoms with van der Waals surface area (Å²) >= 11 is 0. The van der Waals surface area contributed by atoms with Crippen molar-refractivity contribution < 1.29 is 14.3 Å². The number of nitrogens with zero attached hydrogens (tertiary/aromatic N) is 2. The Morgan fingerprint density at radius 1 is 1.10 bits per heavy atom. The van der Waals surface area contributed by atoms with Crippen molar-refractivity contribution in [2.24, 2.45) is 0 Å². The van der Waals surface area contributed by atoms with Gasteiger partial charge in [0.2, 0.25) is 5.88 Å². The van der Waals surface area contributed by atoms with Gasteiger partial charge in [-0.1, -0.05) is 35.9 Å². The van der Waals surface area contributed by atoms with Gasteiger partial charge in [-0.25, -0.2) is 0 Å². The maximum atomic E-state index is 13.1. The fourth-order valence-corrected chi connectivity index (χ4v) is 3.91. The quantitative estimate of drug-likeness (QED) is 0.581. The molecule has 3 aromatic rings. The molecule has 1 amide bonds. The molecule has 0 bridgehead atoms. The summed E-state index contributed by atoms with van der Waals surface area (Å²) in [5, 5.41) is 7.37. The smallest absolute Gasteiger partial charge is 0.253 e. The number of carbonyl (C=O) groups is 1. The fraction of sp³-hybridized carbons (Fsp3) is 0.360. The van der Waals surface area contributed by atoms with Gasteiger partial charge in [-0.15, -0.1) is 5.10 Å². The molecule has 0 unspecified atom stereocenters. The molecule has 1 fully saturated rings. The average molecular weight is 420 g/mol. The third kappa shape index (κ3) is 4.35. The first kappa shape index (κ1) is 21.1. The number of rotatable bonds is 7. The van der Waals surface area contributed by atoms with Crippen LogP contribution in [-0.2, 0) is 4.74 Å². The van der Waals surface area contributed by atoms with E-state index in [1.807, 2.05) is 36.9 Å². The Morgan fingerprint density at radius 2 is 1.84 bits per heavy atom. The second-order valence-corrected chi connectivity index (χ2v) is 8.22. The number of nitrogens with one attached hydrogen (secondary N) is 1. The molecule has 0 atom stereocenters. The Kier molecular flexibility index (Phi) is 6.09. The molecule has 1 aromatic heterocycles. The molecule has 0 radical (unpaired) electrons. The number of aryl methyl sites for hydroxylation is 2. The van der Waals surface area contributed by atoms with Crippen molar-refractivity contribution in [3.8, 4) is 17.1 Å². The minimum atomic E-state index is 0.0679. The summed E-state index contributed by atoms with van der Waals surface area (Å²) in [5.41, 5.74) is 7.09. The molecule has 2 heterocycles. The molecule has 2 aromatic carbocycles. The second-order valence-electron chi connectivity index (χ2n) is 8.22. The predicted molar refractivity (Wildman–Crippen MR) is 121 cm³/mol. The van der Waals surface area contributed by atoms with Crippen molar-refractivity contribution in [1.29, 1.82) is 0 Å². The summed E-state index contributed by atoms with van der Waals surface area (Å²) < 4.78 is 10.7. The van der Waals surface area contributed by atoms with Crippen LogP contribution in [0.15, 0.2) is 42.5 Å². The Balaban J connectivity index is 1.48. The van der Waals surface area contributed by atoms with E-state index in [1.54, 1.807) is 7.11 Å². The van der Waals surface area contributed by atoms with Crippen LogP contribution >= 0.6 is 0 Å². The van der Waals surface area contributed by atoms with Gasteiger partial charge in [0, 0.05) is 42.8 Å². The number of ether oxygens (including phenoxy) is 2. The minimum absolute atomic E-state index is 0.0679. The van der Waals surface area contributed by atoms with Crippen molar-refractivity contribution in [2.75, 3.05) is 33.4 Å². The molecule has 4 rings (SSSR count). The second kappa shape index (κ2) is 8.94. The highest BCUT2D eigenvalue weighted by Crippen LogP contribution is 2.32. The summed E-state index contributed by atoms with van der Waals surface area (Å²) in [6.07, 6.45) is 0. The zero-order valence-corrected chi connectivity index (χ0v) is 18.6. The van der Waals surface area contributed by atoms with Gasteiger partial charge in [0.05, 0.1) is 12.3 Å². The zero-order valence-electron chi connectivity index (χ0n) is 18.6. The van der Waals surface area contributed by atoms with Crippen LogP contribution in [0.25, 0.3) is 11.3 Å². The van der Waals surface area contributed by atoms with Gasteiger partial charge in [-0.2, -0.15) is 0 Å². The van der Waals surface area contributed by atoms with Crippen LogP contribution in [-0.4, -0.2) is 54.4 Å². The fourth-order valence-electron chi connectivity index (χ4n) is 3.91. The van der Waals surface area contributed by atoms with Crippen molar-refractivity contribution in [3.63, 3.8) is 0 Å². The summed E-state index contributed by atoms with van der Waals surface area (Å²) in [4.78, 5) is 15.0. The third-order valence-corrected chi connectivity index (χ3v) is 5.96. The van der Waals surface area contributed by atoms with E-state index in [1.165, 1.54) is 11.1 Å². The lowest BCUT2D eigenvalue weighted by Gasteiger charge is -2.39. The van der Waals surface area contributed by atoms with E-state index in [0.29, 0.717) is 30.6 Å². The van der Waals surface area contributed by atoms with E-state index in [-0.39, 0.29) is 5.91 Å².